The zero-order valence-corrected chi connectivity index (χ0v) is 18.4. The number of carbonyl (C=O) groups excluding carboxylic acids is 2. The Labute approximate surface area is 177 Å². The molecule has 2 aromatic carbocycles. The summed E-state index contributed by atoms with van der Waals surface area (Å²) in [6.45, 7) is 5.76. The summed E-state index contributed by atoms with van der Waals surface area (Å²) in [6.07, 6.45) is 1.04. The number of hydrogen-bond donors (Lipinski definition) is 1. The van der Waals surface area contributed by atoms with E-state index in [9.17, 15) is 18.0 Å². The number of anilines is 1. The van der Waals surface area contributed by atoms with Gasteiger partial charge in [-0.05, 0) is 62.9 Å². The van der Waals surface area contributed by atoms with E-state index in [1.54, 1.807) is 32.0 Å². The average Bonchev–Trinajstić information content (AvgIpc) is 3.17. The Morgan fingerprint density at radius 2 is 1.77 bits per heavy atom. The average molecular weight is 431 g/mol. The van der Waals surface area contributed by atoms with Gasteiger partial charge < -0.3 is 10.1 Å². The summed E-state index contributed by atoms with van der Waals surface area (Å²) in [5, 5.41) is 2.74. The summed E-state index contributed by atoms with van der Waals surface area (Å²) in [5.41, 5.74) is 3.05. The van der Waals surface area contributed by atoms with Crippen molar-refractivity contribution in [2.24, 2.45) is 0 Å². The Hall–Kier alpha value is -2.71. The summed E-state index contributed by atoms with van der Waals surface area (Å²) in [7, 11) is -2.55. The SMILES string of the molecule is COC(=O)c1cccc(NC(=O)C2CCCN2S(=O)(=O)c2c(C)cc(C)cc2C)c1. The van der Waals surface area contributed by atoms with Crippen molar-refractivity contribution in [3.05, 3.63) is 58.7 Å². The number of sulfonamides is 1. The minimum Gasteiger partial charge on any atom is -0.465 e. The summed E-state index contributed by atoms with van der Waals surface area (Å²) >= 11 is 0. The molecule has 1 fully saturated rings. The lowest BCUT2D eigenvalue weighted by Crippen LogP contribution is -2.43. The molecule has 0 bridgehead atoms. The summed E-state index contributed by atoms with van der Waals surface area (Å²) < 4.78 is 32.8. The molecule has 1 amide bonds. The largest absolute Gasteiger partial charge is 0.465 e. The summed E-state index contributed by atoms with van der Waals surface area (Å²) in [6, 6.07) is 9.22. The topological polar surface area (TPSA) is 92.8 Å². The van der Waals surface area contributed by atoms with Gasteiger partial charge in [-0.25, -0.2) is 13.2 Å². The Bertz CT molecular complexity index is 1070. The molecular formula is C22H26N2O5S. The highest BCUT2D eigenvalue weighted by molar-refractivity contribution is 7.89. The van der Waals surface area contributed by atoms with Crippen LogP contribution in [0.2, 0.25) is 0 Å². The normalized spacial score (nSPS) is 17.0. The number of methoxy groups -OCH3 is 1. The lowest BCUT2D eigenvalue weighted by Gasteiger charge is -2.25. The molecule has 160 valence electrons. The molecule has 1 atom stereocenters. The van der Waals surface area contributed by atoms with Crippen molar-refractivity contribution in [2.75, 3.05) is 19.0 Å². The van der Waals surface area contributed by atoms with Crippen LogP contribution in [0.3, 0.4) is 0 Å². The molecule has 0 spiro atoms. The van der Waals surface area contributed by atoms with E-state index in [0.29, 0.717) is 35.2 Å². The second kappa shape index (κ2) is 8.57. The molecule has 1 aliphatic heterocycles. The number of nitrogens with zero attached hydrogens (tertiary/aromatic N) is 1. The van der Waals surface area contributed by atoms with Gasteiger partial charge in [0.25, 0.3) is 0 Å². The third kappa shape index (κ3) is 4.24. The van der Waals surface area contributed by atoms with Gasteiger partial charge in [-0.2, -0.15) is 4.31 Å². The van der Waals surface area contributed by atoms with Crippen molar-refractivity contribution in [1.82, 2.24) is 4.31 Å². The molecule has 3 rings (SSSR count). The second-order valence-electron chi connectivity index (χ2n) is 7.56. The number of hydrogen-bond acceptors (Lipinski definition) is 5. The van der Waals surface area contributed by atoms with Crippen LogP contribution < -0.4 is 5.32 Å². The van der Waals surface area contributed by atoms with Crippen LogP contribution >= 0.6 is 0 Å². The smallest absolute Gasteiger partial charge is 0.337 e. The maximum Gasteiger partial charge on any atom is 0.337 e. The van der Waals surface area contributed by atoms with E-state index in [-0.39, 0.29) is 11.4 Å². The highest BCUT2D eigenvalue weighted by Gasteiger charge is 2.40. The first-order chi connectivity index (χ1) is 14.1. The number of amides is 1. The quantitative estimate of drug-likeness (QED) is 0.736. The van der Waals surface area contributed by atoms with Crippen LogP contribution in [-0.2, 0) is 19.6 Å². The first-order valence-corrected chi connectivity index (χ1v) is 11.2. The standard InChI is InChI=1S/C22H26N2O5S/c1-14-11-15(2)20(16(3)12-14)30(27,28)24-10-6-9-19(24)21(25)23-18-8-5-7-17(13-18)22(26)29-4/h5,7-8,11-13,19H,6,9-10H2,1-4H3,(H,23,25). The second-order valence-corrected chi connectivity index (χ2v) is 9.39. The fourth-order valence-corrected chi connectivity index (χ4v) is 6.12. The van der Waals surface area contributed by atoms with Crippen LogP contribution in [0.1, 0.15) is 39.9 Å². The molecule has 8 heteroatoms. The van der Waals surface area contributed by atoms with E-state index < -0.39 is 27.9 Å². The predicted molar refractivity (Wildman–Crippen MR) is 114 cm³/mol. The van der Waals surface area contributed by atoms with Crippen LogP contribution in [0.5, 0.6) is 0 Å². The highest BCUT2D eigenvalue weighted by Crippen LogP contribution is 2.31. The van der Waals surface area contributed by atoms with Gasteiger partial charge in [-0.3, -0.25) is 4.79 Å². The fourth-order valence-electron chi connectivity index (χ4n) is 4.05. The van der Waals surface area contributed by atoms with Gasteiger partial charge >= 0.3 is 5.97 Å². The Morgan fingerprint density at radius 3 is 2.40 bits per heavy atom. The van der Waals surface area contributed by atoms with Crippen molar-refractivity contribution in [1.29, 1.82) is 0 Å². The number of aryl methyl sites for hydroxylation is 3. The van der Waals surface area contributed by atoms with E-state index in [1.165, 1.54) is 17.5 Å². The van der Waals surface area contributed by atoms with Crippen LogP contribution in [0.4, 0.5) is 5.69 Å². The number of ether oxygens (including phenoxy) is 1. The molecule has 7 nitrogen and oxygen atoms in total. The van der Waals surface area contributed by atoms with E-state index in [0.717, 1.165) is 5.56 Å². The van der Waals surface area contributed by atoms with Gasteiger partial charge in [-0.15, -0.1) is 0 Å². The molecule has 1 unspecified atom stereocenters. The maximum absolute atomic E-state index is 13.4. The number of rotatable bonds is 5. The third-order valence-corrected chi connectivity index (χ3v) is 7.44. The van der Waals surface area contributed by atoms with Crippen LogP contribution in [0.15, 0.2) is 41.3 Å². The predicted octanol–water partition coefficient (Wildman–Crippen LogP) is 3.19. The number of nitrogens with one attached hydrogen (secondary N) is 1. The van der Waals surface area contributed by atoms with Crippen molar-refractivity contribution in [3.8, 4) is 0 Å². The Morgan fingerprint density at radius 1 is 1.10 bits per heavy atom. The van der Waals surface area contributed by atoms with Gasteiger partial charge in [0.15, 0.2) is 0 Å². The lowest BCUT2D eigenvalue weighted by molar-refractivity contribution is -0.119. The Kier molecular flexibility index (Phi) is 6.28. The van der Waals surface area contributed by atoms with E-state index in [1.807, 2.05) is 19.1 Å². The minimum absolute atomic E-state index is 0.264. The molecule has 1 N–H and O–H groups in total. The van der Waals surface area contributed by atoms with Gasteiger partial charge in [0, 0.05) is 12.2 Å². The van der Waals surface area contributed by atoms with E-state index in [2.05, 4.69) is 5.32 Å². The molecular weight excluding hydrogens is 404 g/mol. The first kappa shape index (κ1) is 22.0. The van der Waals surface area contributed by atoms with Crippen LogP contribution in [-0.4, -0.2) is 44.3 Å². The lowest BCUT2D eigenvalue weighted by atomic mass is 10.1. The zero-order chi connectivity index (χ0) is 22.1. The highest BCUT2D eigenvalue weighted by atomic mass is 32.2. The van der Waals surface area contributed by atoms with E-state index in [4.69, 9.17) is 4.74 Å². The van der Waals surface area contributed by atoms with Gasteiger partial charge in [0.1, 0.15) is 6.04 Å². The minimum atomic E-state index is -3.83. The number of esters is 1. The van der Waals surface area contributed by atoms with Crippen LogP contribution in [0.25, 0.3) is 0 Å². The first-order valence-electron chi connectivity index (χ1n) is 9.74. The molecule has 0 radical (unpaired) electrons. The number of benzene rings is 2. The van der Waals surface area contributed by atoms with Crippen molar-refractivity contribution >= 4 is 27.6 Å². The molecule has 1 aliphatic rings. The fraction of sp³-hybridized carbons (Fsp3) is 0.364. The summed E-state index contributed by atoms with van der Waals surface area (Å²) in [5.74, 6) is -0.929. The monoisotopic (exact) mass is 430 g/mol. The van der Waals surface area contributed by atoms with Crippen molar-refractivity contribution < 1.29 is 22.7 Å². The van der Waals surface area contributed by atoms with Crippen molar-refractivity contribution in [3.63, 3.8) is 0 Å². The van der Waals surface area contributed by atoms with E-state index >= 15 is 0 Å². The van der Waals surface area contributed by atoms with Crippen LogP contribution in [0, 0.1) is 20.8 Å². The Balaban J connectivity index is 1.87. The molecule has 0 saturated carbocycles. The molecule has 1 saturated heterocycles. The zero-order valence-electron chi connectivity index (χ0n) is 17.6. The van der Waals surface area contributed by atoms with Crippen molar-refractivity contribution in [2.45, 2.75) is 44.6 Å². The molecule has 0 aliphatic carbocycles. The molecule has 30 heavy (non-hydrogen) atoms. The number of carbonyl (C=O) groups is 2. The van der Waals surface area contributed by atoms with Gasteiger partial charge in [0.2, 0.25) is 15.9 Å². The molecule has 0 aromatic heterocycles. The third-order valence-electron chi connectivity index (χ3n) is 5.23. The van der Waals surface area contributed by atoms with Gasteiger partial charge in [0.05, 0.1) is 17.6 Å². The van der Waals surface area contributed by atoms with Gasteiger partial charge in [-0.1, -0.05) is 23.8 Å². The maximum atomic E-state index is 13.4. The molecule has 1 heterocycles. The molecule has 2 aromatic rings. The summed E-state index contributed by atoms with van der Waals surface area (Å²) in [4.78, 5) is 24.9.